The zero-order valence-electron chi connectivity index (χ0n) is 25.6. The van der Waals surface area contributed by atoms with Crippen LogP contribution in [-0.4, -0.2) is 96.7 Å². The van der Waals surface area contributed by atoms with E-state index < -0.39 is 80.6 Å². The lowest BCUT2D eigenvalue weighted by molar-refractivity contribution is -0.166. The van der Waals surface area contributed by atoms with E-state index in [0.29, 0.717) is 0 Å². The summed E-state index contributed by atoms with van der Waals surface area (Å²) in [5, 5.41) is 7.16. The molecule has 20 heteroatoms. The summed E-state index contributed by atoms with van der Waals surface area (Å²) in [4.78, 5) is 89.5. The summed E-state index contributed by atoms with van der Waals surface area (Å²) >= 11 is 0. The Hall–Kier alpha value is -3.53. The zero-order chi connectivity index (χ0) is 35.0. The molecular weight excluding hydrogens is 671 g/mol. The van der Waals surface area contributed by atoms with Crippen molar-refractivity contribution in [1.82, 2.24) is 9.47 Å². The first-order chi connectivity index (χ1) is 21.8. The van der Waals surface area contributed by atoms with Crippen LogP contribution in [0.5, 0.6) is 5.75 Å². The molecule has 4 rings (SSSR count). The predicted octanol–water partition coefficient (Wildman–Crippen LogP) is 2.57. The van der Waals surface area contributed by atoms with E-state index in [9.17, 15) is 53.0 Å². The Morgan fingerprint density at radius 3 is 2.26 bits per heavy atom. The van der Waals surface area contributed by atoms with Crippen LogP contribution in [0.1, 0.15) is 62.4 Å². The van der Waals surface area contributed by atoms with Gasteiger partial charge in [-0.3, -0.25) is 18.7 Å². The molecule has 1 amide bonds. The molecule has 260 valence electrons. The molecule has 5 N–H and O–H groups in total. The lowest BCUT2D eigenvalue weighted by Gasteiger charge is -2.41. The molecule has 2 aromatic rings. The molecule has 2 atom stereocenters. The van der Waals surface area contributed by atoms with Crippen molar-refractivity contribution in [2.75, 3.05) is 31.6 Å². The minimum absolute atomic E-state index is 0.0405. The molecule has 0 spiro atoms. The molecule has 1 aromatic heterocycles. The first-order valence-electron chi connectivity index (χ1n) is 14.6. The van der Waals surface area contributed by atoms with Crippen LogP contribution in [0.25, 0.3) is 10.9 Å². The number of aromatic nitrogens is 1. The van der Waals surface area contributed by atoms with Gasteiger partial charge in [0.25, 0.3) is 0 Å². The molecule has 2 heterocycles. The highest BCUT2D eigenvalue weighted by molar-refractivity contribution is 7.70. The number of esters is 1. The monoisotopic (exact) mass is 707 g/mol. The van der Waals surface area contributed by atoms with Gasteiger partial charge >= 0.3 is 33.2 Å². The third-order valence-corrected chi connectivity index (χ3v) is 11.8. The Labute approximate surface area is 267 Å². The summed E-state index contributed by atoms with van der Waals surface area (Å²) in [6, 6.07) is 0.360. The van der Waals surface area contributed by atoms with Crippen molar-refractivity contribution >= 4 is 49.8 Å². The number of methoxy groups -OCH3 is 1. The number of rotatable bonds is 12. The van der Waals surface area contributed by atoms with E-state index in [-0.39, 0.29) is 54.4 Å². The summed E-state index contributed by atoms with van der Waals surface area (Å²) in [6.45, 7) is 3.18. The Morgan fingerprint density at radius 1 is 1.09 bits per heavy atom. The molecule has 0 radical (unpaired) electrons. The van der Waals surface area contributed by atoms with Gasteiger partial charge < -0.3 is 53.3 Å². The smallest absolute Gasteiger partial charge is 0.413 e. The Kier molecular flexibility index (Phi) is 10.7. The number of fused-ring (bicyclic) bond motifs is 1. The van der Waals surface area contributed by atoms with Gasteiger partial charge in [0.15, 0.2) is 17.0 Å². The van der Waals surface area contributed by atoms with Gasteiger partial charge in [-0.1, -0.05) is 0 Å². The highest BCUT2D eigenvalue weighted by Gasteiger charge is 2.43. The second kappa shape index (κ2) is 13.9. The van der Waals surface area contributed by atoms with Crippen LogP contribution >= 0.6 is 15.2 Å². The van der Waals surface area contributed by atoms with Crippen LogP contribution < -0.4 is 15.1 Å². The van der Waals surface area contributed by atoms with Gasteiger partial charge in [0.2, 0.25) is 11.7 Å². The third kappa shape index (κ3) is 8.13. The zero-order valence-corrected chi connectivity index (χ0v) is 27.4. The summed E-state index contributed by atoms with van der Waals surface area (Å²) < 4.78 is 55.9. The number of carboxylic acid groups (broad SMARTS) is 1. The SMILES string of the molecule is COc1c(N2CCN(C(=O)OC(C)OC(=O)CCCC(P(=O)(O)O)P(=O)(O)O)C(C)C2)c(F)cc2c(=O)c(C(=O)O)cn(C3CC3)c12. The number of piperazine rings is 1. The van der Waals surface area contributed by atoms with Gasteiger partial charge in [-0.25, -0.2) is 14.0 Å². The fourth-order valence-electron chi connectivity index (χ4n) is 5.60. The maximum Gasteiger partial charge on any atom is 0.413 e. The number of carbonyl (C=O) groups excluding carboxylic acids is 2. The number of ether oxygens (including phenoxy) is 3. The number of anilines is 1. The lowest BCUT2D eigenvalue weighted by atomic mass is 10.1. The molecule has 1 saturated carbocycles. The maximum absolute atomic E-state index is 15.7. The number of carboxylic acids is 1. The van der Waals surface area contributed by atoms with Gasteiger partial charge in [0, 0.05) is 51.3 Å². The standard InChI is InChI=1S/C27H36FN3O14P2/c1-14-12-29(23-19(28)11-17-22(25(23)43-3)31(16-7-8-16)13-18(24(17)33)26(34)35)9-10-30(14)27(36)45-15(2)44-20(32)5-4-6-21(46(37,38)39)47(40,41)42/h11,13-16,21H,4-10,12H2,1-3H3,(H,34,35)(H2,37,38,39)(H2,40,41,42). The molecule has 47 heavy (non-hydrogen) atoms. The minimum Gasteiger partial charge on any atom is -0.492 e. The maximum atomic E-state index is 15.7. The Bertz CT molecular complexity index is 1700. The van der Waals surface area contributed by atoms with Crippen molar-refractivity contribution < 1.29 is 66.8 Å². The van der Waals surface area contributed by atoms with E-state index in [1.54, 1.807) is 16.4 Å². The number of amides is 1. The van der Waals surface area contributed by atoms with E-state index in [2.05, 4.69) is 0 Å². The van der Waals surface area contributed by atoms with Crippen molar-refractivity contribution in [3.05, 3.63) is 33.9 Å². The van der Waals surface area contributed by atoms with Crippen molar-refractivity contribution in [3.63, 3.8) is 0 Å². The normalized spacial score (nSPS) is 17.9. The van der Waals surface area contributed by atoms with Crippen molar-refractivity contribution in [2.24, 2.45) is 0 Å². The van der Waals surface area contributed by atoms with Crippen LogP contribution in [0.2, 0.25) is 0 Å². The first kappa shape index (κ1) is 36.3. The number of halogens is 1. The van der Waals surface area contributed by atoms with Gasteiger partial charge in [0.1, 0.15) is 11.3 Å². The van der Waals surface area contributed by atoms with E-state index in [0.717, 1.165) is 18.9 Å². The number of nitrogens with zero attached hydrogens (tertiary/aromatic N) is 3. The number of pyridine rings is 1. The number of benzene rings is 1. The van der Waals surface area contributed by atoms with Gasteiger partial charge in [-0.2, -0.15) is 0 Å². The topological polar surface area (TPSA) is 243 Å². The van der Waals surface area contributed by atoms with Gasteiger partial charge in [-0.05, 0) is 38.7 Å². The third-order valence-electron chi connectivity index (χ3n) is 7.94. The molecule has 1 aliphatic heterocycles. The second-order valence-electron chi connectivity index (χ2n) is 11.4. The largest absolute Gasteiger partial charge is 0.492 e. The average molecular weight is 708 g/mol. The summed E-state index contributed by atoms with van der Waals surface area (Å²) in [6.07, 6.45) is -0.920. The predicted molar refractivity (Wildman–Crippen MR) is 162 cm³/mol. The molecule has 1 saturated heterocycles. The van der Waals surface area contributed by atoms with Crippen LogP contribution in [0.15, 0.2) is 17.1 Å². The number of hydrogen-bond acceptors (Lipinski definition) is 10. The highest BCUT2D eigenvalue weighted by Crippen LogP contribution is 2.61. The minimum atomic E-state index is -5.13. The Morgan fingerprint density at radius 2 is 1.72 bits per heavy atom. The van der Waals surface area contributed by atoms with Crippen molar-refractivity contribution in [1.29, 1.82) is 0 Å². The molecule has 0 bridgehead atoms. The van der Waals surface area contributed by atoms with Crippen LogP contribution in [-0.2, 0) is 23.4 Å². The quantitative estimate of drug-likeness (QED) is 0.121. The van der Waals surface area contributed by atoms with E-state index in [1.807, 2.05) is 0 Å². The van der Waals surface area contributed by atoms with Gasteiger partial charge in [-0.15, -0.1) is 0 Å². The van der Waals surface area contributed by atoms with Crippen molar-refractivity contribution in [2.45, 2.75) is 69.7 Å². The summed E-state index contributed by atoms with van der Waals surface area (Å²) in [5.74, 6) is -3.12. The second-order valence-corrected chi connectivity index (χ2v) is 15.4. The fourth-order valence-corrected chi connectivity index (χ4v) is 8.20. The molecule has 1 aromatic carbocycles. The lowest BCUT2D eigenvalue weighted by Crippen LogP contribution is -2.55. The number of carbonyl (C=O) groups is 3. The van der Waals surface area contributed by atoms with Gasteiger partial charge in [0.05, 0.1) is 18.0 Å². The molecular formula is C27H36FN3O14P2. The fraction of sp³-hybridized carbons (Fsp3) is 0.556. The van der Waals surface area contributed by atoms with Crippen LogP contribution in [0, 0.1) is 5.82 Å². The van der Waals surface area contributed by atoms with Crippen molar-refractivity contribution in [3.8, 4) is 5.75 Å². The van der Waals surface area contributed by atoms with E-state index in [1.165, 1.54) is 25.1 Å². The first-order valence-corrected chi connectivity index (χ1v) is 17.9. The molecule has 2 unspecified atom stereocenters. The van der Waals surface area contributed by atoms with E-state index >= 15 is 4.39 Å². The number of hydrogen-bond donors (Lipinski definition) is 5. The van der Waals surface area contributed by atoms with E-state index in [4.69, 9.17) is 14.2 Å². The average Bonchev–Trinajstić information content (AvgIpc) is 3.79. The molecule has 1 aliphatic carbocycles. The molecule has 2 aliphatic rings. The summed E-state index contributed by atoms with van der Waals surface area (Å²) in [7, 11) is -8.95. The Balaban J connectivity index is 1.42. The molecule has 17 nitrogen and oxygen atoms in total. The van der Waals surface area contributed by atoms with Crippen LogP contribution in [0.3, 0.4) is 0 Å². The molecule has 2 fully saturated rings. The van der Waals surface area contributed by atoms with Crippen LogP contribution in [0.4, 0.5) is 14.9 Å². The highest BCUT2D eigenvalue weighted by atomic mass is 31.2. The summed E-state index contributed by atoms with van der Waals surface area (Å²) in [5.41, 5.74) is -1.01. The number of aromatic carboxylic acids is 1.